The lowest BCUT2D eigenvalue weighted by Gasteiger charge is -2.25. The molecule has 166 valence electrons. The highest BCUT2D eigenvalue weighted by molar-refractivity contribution is 7.12. The number of methoxy groups -OCH3 is 1. The highest BCUT2D eigenvalue weighted by Crippen LogP contribution is 2.31. The van der Waals surface area contributed by atoms with Gasteiger partial charge in [-0.05, 0) is 47.8 Å². The fourth-order valence-corrected chi connectivity index (χ4v) is 4.61. The molecule has 1 N–H and O–H groups in total. The second-order valence-corrected chi connectivity index (χ2v) is 8.73. The van der Waals surface area contributed by atoms with Crippen molar-refractivity contribution in [1.82, 2.24) is 4.90 Å². The summed E-state index contributed by atoms with van der Waals surface area (Å²) in [6.07, 6.45) is 0.679. The number of carbonyl (C=O) groups is 2. The van der Waals surface area contributed by atoms with E-state index in [0.29, 0.717) is 36.5 Å². The van der Waals surface area contributed by atoms with E-state index in [2.05, 4.69) is 5.32 Å². The summed E-state index contributed by atoms with van der Waals surface area (Å²) >= 11 is 1.46. The van der Waals surface area contributed by atoms with Crippen LogP contribution >= 0.6 is 11.3 Å². The van der Waals surface area contributed by atoms with Crippen LogP contribution < -0.4 is 10.1 Å². The second-order valence-electron chi connectivity index (χ2n) is 7.78. The predicted octanol–water partition coefficient (Wildman–Crippen LogP) is 5.47. The molecule has 0 radical (unpaired) electrons. The summed E-state index contributed by atoms with van der Waals surface area (Å²) in [6, 6.07) is 20.3. The molecule has 0 bridgehead atoms. The predicted molar refractivity (Wildman–Crippen MR) is 128 cm³/mol. The van der Waals surface area contributed by atoms with Gasteiger partial charge < -0.3 is 19.4 Å². The van der Waals surface area contributed by atoms with Crippen molar-refractivity contribution in [2.75, 3.05) is 19.0 Å². The van der Waals surface area contributed by atoms with Gasteiger partial charge in [-0.25, -0.2) is 0 Å². The third-order valence-electron chi connectivity index (χ3n) is 5.62. The van der Waals surface area contributed by atoms with Crippen LogP contribution in [0.1, 0.15) is 31.4 Å². The third-order valence-corrected chi connectivity index (χ3v) is 6.48. The molecule has 5 rings (SSSR count). The maximum atomic E-state index is 12.7. The fraction of sp³-hybridized carbons (Fsp3) is 0.154. The minimum atomic E-state index is -0.215. The first-order chi connectivity index (χ1) is 16.1. The van der Waals surface area contributed by atoms with Crippen molar-refractivity contribution in [2.24, 2.45) is 0 Å². The molecule has 0 fully saturated rings. The SMILES string of the molecule is COc1cccc(C(=O)Nc2cccc(-c3cc4c(o3)CCN(C(=O)c3cccs3)C4)c2)c1. The van der Waals surface area contributed by atoms with Gasteiger partial charge in [0.25, 0.3) is 11.8 Å². The van der Waals surface area contributed by atoms with Crippen LogP contribution in [0.5, 0.6) is 5.75 Å². The Balaban J connectivity index is 1.32. The average Bonchev–Trinajstić information content (AvgIpc) is 3.53. The first-order valence-corrected chi connectivity index (χ1v) is 11.5. The van der Waals surface area contributed by atoms with E-state index in [9.17, 15) is 9.59 Å². The summed E-state index contributed by atoms with van der Waals surface area (Å²) in [5, 5.41) is 4.85. The van der Waals surface area contributed by atoms with Gasteiger partial charge >= 0.3 is 0 Å². The lowest BCUT2D eigenvalue weighted by atomic mass is 10.1. The highest BCUT2D eigenvalue weighted by Gasteiger charge is 2.25. The van der Waals surface area contributed by atoms with E-state index in [4.69, 9.17) is 9.15 Å². The van der Waals surface area contributed by atoms with Gasteiger partial charge in [-0.1, -0.05) is 24.3 Å². The summed E-state index contributed by atoms with van der Waals surface area (Å²) in [7, 11) is 1.57. The van der Waals surface area contributed by atoms with Crippen LogP contribution in [-0.4, -0.2) is 30.4 Å². The number of amides is 2. The van der Waals surface area contributed by atoms with Gasteiger partial charge in [0.05, 0.1) is 12.0 Å². The largest absolute Gasteiger partial charge is 0.497 e. The van der Waals surface area contributed by atoms with Crippen molar-refractivity contribution >= 4 is 28.8 Å². The normalized spacial score (nSPS) is 12.8. The van der Waals surface area contributed by atoms with Crippen molar-refractivity contribution in [3.05, 3.63) is 93.9 Å². The number of rotatable bonds is 5. The molecule has 2 aromatic carbocycles. The third kappa shape index (κ3) is 4.40. The fourth-order valence-electron chi connectivity index (χ4n) is 3.92. The smallest absolute Gasteiger partial charge is 0.264 e. The Kier molecular flexibility index (Phi) is 5.71. The van der Waals surface area contributed by atoms with Gasteiger partial charge in [0.15, 0.2) is 0 Å². The van der Waals surface area contributed by atoms with Crippen molar-refractivity contribution < 1.29 is 18.7 Å². The molecule has 0 saturated carbocycles. The van der Waals surface area contributed by atoms with Gasteiger partial charge in [0.2, 0.25) is 0 Å². The summed E-state index contributed by atoms with van der Waals surface area (Å²) in [4.78, 5) is 28.0. The average molecular weight is 459 g/mol. The number of nitrogens with zero attached hydrogens (tertiary/aromatic N) is 1. The molecule has 2 amide bonds. The molecular weight excluding hydrogens is 436 g/mol. The highest BCUT2D eigenvalue weighted by atomic mass is 32.1. The van der Waals surface area contributed by atoms with E-state index in [1.165, 1.54) is 11.3 Å². The lowest BCUT2D eigenvalue weighted by molar-refractivity contribution is 0.0734. The maximum absolute atomic E-state index is 12.7. The summed E-state index contributed by atoms with van der Waals surface area (Å²) in [5.41, 5.74) is 3.07. The van der Waals surface area contributed by atoms with E-state index in [-0.39, 0.29) is 11.8 Å². The number of fused-ring (bicyclic) bond motifs is 1. The zero-order chi connectivity index (χ0) is 22.8. The number of anilines is 1. The Bertz CT molecular complexity index is 1310. The minimum absolute atomic E-state index is 0.0562. The standard InChI is InChI=1S/C26H22N2O4S/c1-31-21-8-3-6-18(14-21)25(29)27-20-7-2-5-17(13-20)23-15-19-16-28(11-10-22(19)32-23)26(30)24-9-4-12-33-24/h2-9,12-15H,10-11,16H2,1H3,(H,27,29). The molecule has 0 aliphatic carbocycles. The molecule has 33 heavy (non-hydrogen) atoms. The first-order valence-electron chi connectivity index (χ1n) is 10.6. The van der Waals surface area contributed by atoms with Gasteiger partial charge in [0.1, 0.15) is 17.3 Å². The number of hydrogen-bond donors (Lipinski definition) is 1. The summed E-state index contributed by atoms with van der Waals surface area (Å²) < 4.78 is 11.3. The molecule has 0 saturated heterocycles. The number of thiophene rings is 1. The number of hydrogen-bond acceptors (Lipinski definition) is 5. The van der Waals surface area contributed by atoms with Gasteiger partial charge in [-0.3, -0.25) is 9.59 Å². The number of carbonyl (C=O) groups excluding carboxylic acids is 2. The van der Waals surface area contributed by atoms with Crippen LogP contribution in [-0.2, 0) is 13.0 Å². The van der Waals surface area contributed by atoms with Gasteiger partial charge in [-0.15, -0.1) is 11.3 Å². The second kappa shape index (κ2) is 8.96. The van der Waals surface area contributed by atoms with E-state index >= 15 is 0 Å². The number of nitrogens with one attached hydrogen (secondary N) is 1. The zero-order valence-electron chi connectivity index (χ0n) is 18.0. The molecule has 4 aromatic rings. The molecular formula is C26H22N2O4S. The van der Waals surface area contributed by atoms with Crippen molar-refractivity contribution in [2.45, 2.75) is 13.0 Å². The molecule has 1 aliphatic rings. The van der Waals surface area contributed by atoms with Crippen LogP contribution in [0.25, 0.3) is 11.3 Å². The van der Waals surface area contributed by atoms with Crippen LogP contribution in [0.15, 0.2) is 76.5 Å². The molecule has 1 aliphatic heterocycles. The van der Waals surface area contributed by atoms with Crippen LogP contribution in [0.3, 0.4) is 0 Å². The quantitative estimate of drug-likeness (QED) is 0.431. The first kappa shape index (κ1) is 21.0. The number of furan rings is 1. The van der Waals surface area contributed by atoms with E-state index in [1.807, 2.05) is 52.7 Å². The Morgan fingerprint density at radius 3 is 2.76 bits per heavy atom. The molecule has 2 aromatic heterocycles. The van der Waals surface area contributed by atoms with E-state index in [0.717, 1.165) is 27.5 Å². The Hall–Kier alpha value is -3.84. The van der Waals surface area contributed by atoms with Gasteiger partial charge in [-0.2, -0.15) is 0 Å². The maximum Gasteiger partial charge on any atom is 0.264 e. The number of ether oxygens (including phenoxy) is 1. The topological polar surface area (TPSA) is 71.8 Å². The Morgan fingerprint density at radius 2 is 1.94 bits per heavy atom. The van der Waals surface area contributed by atoms with Crippen molar-refractivity contribution in [1.29, 1.82) is 0 Å². The monoisotopic (exact) mass is 458 g/mol. The molecule has 0 spiro atoms. The van der Waals surface area contributed by atoms with E-state index in [1.54, 1.807) is 31.4 Å². The summed E-state index contributed by atoms with van der Waals surface area (Å²) in [6.45, 7) is 1.16. The van der Waals surface area contributed by atoms with Crippen LogP contribution in [0, 0.1) is 0 Å². The Morgan fingerprint density at radius 1 is 1.06 bits per heavy atom. The zero-order valence-corrected chi connectivity index (χ0v) is 18.9. The molecule has 7 heteroatoms. The molecule has 6 nitrogen and oxygen atoms in total. The van der Waals surface area contributed by atoms with E-state index < -0.39 is 0 Å². The Labute approximate surface area is 195 Å². The molecule has 3 heterocycles. The number of benzene rings is 2. The lowest BCUT2D eigenvalue weighted by Crippen LogP contribution is -2.35. The van der Waals surface area contributed by atoms with Crippen LogP contribution in [0.2, 0.25) is 0 Å². The summed E-state index contributed by atoms with van der Waals surface area (Å²) in [5.74, 6) is 2.10. The van der Waals surface area contributed by atoms with Crippen LogP contribution in [0.4, 0.5) is 5.69 Å². The van der Waals surface area contributed by atoms with Gasteiger partial charge in [0, 0.05) is 41.9 Å². The molecule has 0 atom stereocenters. The van der Waals surface area contributed by atoms with Crippen molar-refractivity contribution in [3.8, 4) is 17.1 Å². The molecule has 0 unspecified atom stereocenters. The minimum Gasteiger partial charge on any atom is -0.497 e. The van der Waals surface area contributed by atoms with Crippen molar-refractivity contribution in [3.63, 3.8) is 0 Å².